The summed E-state index contributed by atoms with van der Waals surface area (Å²) in [7, 11) is 0. The van der Waals surface area contributed by atoms with Gasteiger partial charge in [0.25, 0.3) is 0 Å². The Kier molecular flexibility index (Phi) is 8.72. The van der Waals surface area contributed by atoms with Gasteiger partial charge in [0.1, 0.15) is 11.5 Å². The first-order valence-corrected chi connectivity index (χ1v) is 20.6. The van der Waals surface area contributed by atoms with Gasteiger partial charge in [0.2, 0.25) is 0 Å². The molecule has 1 spiro atoms. The third-order valence-electron chi connectivity index (χ3n) is 12.8. The third kappa shape index (κ3) is 5.31. The zero-order valence-corrected chi connectivity index (χ0v) is 34.1. The second-order valence-corrected chi connectivity index (χ2v) is 15.8. The van der Waals surface area contributed by atoms with E-state index < -0.39 is 5.41 Å². The molecule has 1 atom stereocenters. The Bertz CT molecular complexity index is 3090. The number of para-hydroxylation sites is 2. The Morgan fingerprint density at radius 2 is 1.58 bits per heavy atom. The molecule has 7 aromatic rings. The SMILES string of the molecule is C=CC1=C(/C=C\C)C2=C(CCC=C2)C12c1cc(-c3ccc4c(c3)c3ccccc3n4-c3ccc(/C(C=C)=C/C)nc3)ccc1-c1ccc(Oc3ccccc3C)c(C)c12. The van der Waals surface area contributed by atoms with E-state index in [4.69, 9.17) is 9.72 Å². The lowest BCUT2D eigenvalue weighted by Gasteiger charge is -2.36. The van der Waals surface area contributed by atoms with Crippen LogP contribution in [0.2, 0.25) is 0 Å². The molecule has 59 heavy (non-hydrogen) atoms. The van der Waals surface area contributed by atoms with E-state index in [1.165, 1.54) is 66.4 Å². The van der Waals surface area contributed by atoms with Crippen LogP contribution in [-0.4, -0.2) is 9.55 Å². The maximum absolute atomic E-state index is 6.78. The first-order chi connectivity index (χ1) is 28.9. The van der Waals surface area contributed by atoms with Gasteiger partial charge < -0.3 is 9.30 Å². The zero-order valence-electron chi connectivity index (χ0n) is 34.1. The van der Waals surface area contributed by atoms with Crippen LogP contribution in [-0.2, 0) is 5.41 Å². The van der Waals surface area contributed by atoms with Gasteiger partial charge in [-0.2, -0.15) is 0 Å². The minimum atomic E-state index is -0.510. The van der Waals surface area contributed by atoms with E-state index in [1.807, 2.05) is 31.3 Å². The molecule has 0 fully saturated rings. The Balaban J connectivity index is 1.18. The van der Waals surface area contributed by atoms with Crippen molar-refractivity contribution in [2.24, 2.45) is 0 Å². The molecule has 0 bridgehead atoms. The molecule has 3 heteroatoms. The molecule has 0 amide bonds. The van der Waals surface area contributed by atoms with E-state index in [-0.39, 0.29) is 0 Å². The molecule has 0 N–H and O–H groups in total. The summed E-state index contributed by atoms with van der Waals surface area (Å²) in [5.41, 5.74) is 19.8. The maximum Gasteiger partial charge on any atom is 0.130 e. The van der Waals surface area contributed by atoms with Gasteiger partial charge in [-0.15, -0.1) is 0 Å². The van der Waals surface area contributed by atoms with Crippen molar-refractivity contribution in [3.63, 3.8) is 0 Å². The molecule has 3 aliphatic carbocycles. The fourth-order valence-electron chi connectivity index (χ4n) is 10.2. The van der Waals surface area contributed by atoms with E-state index >= 15 is 0 Å². The fourth-order valence-corrected chi connectivity index (χ4v) is 10.2. The number of fused-ring (bicyclic) bond motifs is 9. The van der Waals surface area contributed by atoms with Crippen molar-refractivity contribution in [2.45, 2.75) is 46.0 Å². The van der Waals surface area contributed by atoms with Crippen molar-refractivity contribution >= 4 is 27.4 Å². The van der Waals surface area contributed by atoms with Crippen LogP contribution in [0.3, 0.4) is 0 Å². The van der Waals surface area contributed by atoms with E-state index in [2.05, 4.69) is 172 Å². The second kappa shape index (κ2) is 14.1. The van der Waals surface area contributed by atoms with Crippen molar-refractivity contribution in [2.75, 3.05) is 0 Å². The van der Waals surface area contributed by atoms with Crippen LogP contribution in [0.4, 0.5) is 0 Å². The van der Waals surface area contributed by atoms with E-state index in [9.17, 15) is 0 Å². The molecule has 1 unspecified atom stereocenters. The molecular formula is C56H46N2O. The molecule has 5 aromatic carbocycles. The summed E-state index contributed by atoms with van der Waals surface area (Å²) in [6.07, 6.45) is 19.1. The predicted molar refractivity (Wildman–Crippen MR) is 248 cm³/mol. The summed E-state index contributed by atoms with van der Waals surface area (Å²) in [4.78, 5) is 4.84. The average Bonchev–Trinajstić information content (AvgIpc) is 3.87. The Morgan fingerprint density at radius 3 is 2.36 bits per heavy atom. The highest BCUT2D eigenvalue weighted by Crippen LogP contribution is 2.65. The highest BCUT2D eigenvalue weighted by molar-refractivity contribution is 6.10. The van der Waals surface area contributed by atoms with Crippen molar-refractivity contribution in [3.05, 3.63) is 221 Å². The number of ether oxygens (including phenoxy) is 1. The van der Waals surface area contributed by atoms with Gasteiger partial charge in [-0.25, -0.2) is 0 Å². The monoisotopic (exact) mass is 762 g/mol. The molecule has 0 aliphatic heterocycles. The lowest BCUT2D eigenvalue weighted by molar-refractivity contribution is 0.473. The van der Waals surface area contributed by atoms with Gasteiger partial charge in [0.05, 0.1) is 34.0 Å². The van der Waals surface area contributed by atoms with Crippen LogP contribution in [0, 0.1) is 13.8 Å². The molecule has 3 aliphatic rings. The Morgan fingerprint density at radius 1 is 0.797 bits per heavy atom. The zero-order chi connectivity index (χ0) is 40.4. The van der Waals surface area contributed by atoms with Crippen LogP contribution in [0.5, 0.6) is 11.5 Å². The third-order valence-corrected chi connectivity index (χ3v) is 12.8. The summed E-state index contributed by atoms with van der Waals surface area (Å²) < 4.78 is 9.11. The van der Waals surface area contributed by atoms with Gasteiger partial charge in [-0.3, -0.25) is 4.98 Å². The highest BCUT2D eigenvalue weighted by Gasteiger charge is 2.54. The van der Waals surface area contributed by atoms with Gasteiger partial charge in [-0.05, 0) is 161 Å². The minimum Gasteiger partial charge on any atom is -0.457 e. The van der Waals surface area contributed by atoms with Gasteiger partial charge >= 0.3 is 0 Å². The van der Waals surface area contributed by atoms with Crippen molar-refractivity contribution in [3.8, 4) is 39.4 Å². The number of nitrogens with zero attached hydrogens (tertiary/aromatic N) is 2. The summed E-state index contributed by atoms with van der Waals surface area (Å²) in [6, 6.07) is 39.7. The minimum absolute atomic E-state index is 0.510. The van der Waals surface area contributed by atoms with Gasteiger partial charge in [0, 0.05) is 10.8 Å². The number of hydrogen-bond donors (Lipinski definition) is 0. The van der Waals surface area contributed by atoms with Crippen LogP contribution >= 0.6 is 0 Å². The smallest absolute Gasteiger partial charge is 0.130 e. The van der Waals surface area contributed by atoms with Crippen LogP contribution in [0.1, 0.15) is 54.6 Å². The molecule has 10 rings (SSSR count). The number of aromatic nitrogens is 2. The van der Waals surface area contributed by atoms with Crippen molar-refractivity contribution < 1.29 is 4.74 Å². The van der Waals surface area contributed by atoms with Gasteiger partial charge in [-0.1, -0.05) is 116 Å². The largest absolute Gasteiger partial charge is 0.457 e. The first kappa shape index (κ1) is 36.4. The molecule has 0 saturated heterocycles. The quantitative estimate of drug-likeness (QED) is 0.144. The van der Waals surface area contributed by atoms with Crippen molar-refractivity contribution in [1.82, 2.24) is 9.55 Å². The lowest BCUT2D eigenvalue weighted by Crippen LogP contribution is -2.29. The first-order valence-electron chi connectivity index (χ1n) is 20.6. The summed E-state index contributed by atoms with van der Waals surface area (Å²) in [5, 5.41) is 2.42. The summed E-state index contributed by atoms with van der Waals surface area (Å²) >= 11 is 0. The Hall–Kier alpha value is -6.97. The fraction of sp³-hybridized carbons (Fsp3) is 0.125. The highest BCUT2D eigenvalue weighted by atomic mass is 16.5. The molecule has 2 aromatic heterocycles. The summed E-state index contributed by atoms with van der Waals surface area (Å²) in [5.74, 6) is 1.76. The normalized spacial score (nSPS) is 17.1. The standard InChI is InChI=1S/C56H46N2O/c1-7-17-41-42-19-12-14-21-48(42)56(47(41)10-4)49-33-39(24-27-43(49)45-28-31-54(36(6)55(45)56)59-53-23-16-11-18-35(53)5)38-25-30-52-46(32-38)44-20-13-15-22-51(44)58(52)40-26-29-50(57-34-40)37(8-2)9-3/h7-13,15-20,22-34H,2,4,14,21H2,1,3,5-6H3/b17-7-,37-9+. The molecule has 0 saturated carbocycles. The number of hydrogen-bond acceptors (Lipinski definition) is 2. The average molecular weight is 763 g/mol. The topological polar surface area (TPSA) is 27.1 Å². The van der Waals surface area contributed by atoms with E-state index in [0.717, 1.165) is 63.5 Å². The number of benzene rings is 5. The predicted octanol–water partition coefficient (Wildman–Crippen LogP) is 14.8. The van der Waals surface area contributed by atoms with Crippen molar-refractivity contribution in [1.29, 1.82) is 0 Å². The van der Waals surface area contributed by atoms with E-state index in [1.54, 1.807) is 0 Å². The van der Waals surface area contributed by atoms with Crippen LogP contribution < -0.4 is 4.74 Å². The number of rotatable bonds is 8. The summed E-state index contributed by atoms with van der Waals surface area (Å²) in [6.45, 7) is 17.0. The lowest BCUT2D eigenvalue weighted by atomic mass is 9.66. The number of pyridine rings is 1. The molecular weight excluding hydrogens is 717 g/mol. The molecule has 286 valence electrons. The number of allylic oxidation sites excluding steroid dienone is 12. The molecule has 2 heterocycles. The van der Waals surface area contributed by atoms with Crippen LogP contribution in [0.15, 0.2) is 193 Å². The second-order valence-electron chi connectivity index (χ2n) is 15.8. The number of aryl methyl sites for hydroxylation is 1. The molecule has 3 nitrogen and oxygen atoms in total. The van der Waals surface area contributed by atoms with Gasteiger partial charge in [0.15, 0.2) is 0 Å². The Labute approximate surface area is 347 Å². The van der Waals surface area contributed by atoms with Crippen LogP contribution in [0.25, 0.3) is 55.3 Å². The molecule has 0 radical (unpaired) electrons. The maximum atomic E-state index is 6.78. The van der Waals surface area contributed by atoms with E-state index in [0.29, 0.717) is 0 Å².